The van der Waals surface area contributed by atoms with Gasteiger partial charge in [0.25, 0.3) is 0 Å². The minimum Gasteiger partial charge on any atom is -0.496 e. The van der Waals surface area contributed by atoms with E-state index < -0.39 is 23.5 Å². The molecule has 0 bridgehead atoms. The number of Topliss-reactive ketones (excluding diaryl/α,β-unsaturated/α-hetero) is 1. The fraction of sp³-hybridized carbons (Fsp3) is 0.235. The first kappa shape index (κ1) is 16.5. The van der Waals surface area contributed by atoms with Crippen molar-refractivity contribution >= 4 is 22.7 Å². The molecule has 1 heterocycles. The molecule has 120 valence electrons. The fourth-order valence-corrected chi connectivity index (χ4v) is 2.20. The maximum Gasteiger partial charge on any atom is 0.336 e. The Hall–Kier alpha value is -2.89. The quantitative estimate of drug-likeness (QED) is 0.479. The summed E-state index contributed by atoms with van der Waals surface area (Å²) in [7, 11) is 1.40. The second kappa shape index (κ2) is 6.48. The van der Waals surface area contributed by atoms with Gasteiger partial charge in [0, 0.05) is 18.4 Å². The first-order chi connectivity index (χ1) is 10.8. The topological polar surface area (TPSA) is 82.8 Å². The summed E-state index contributed by atoms with van der Waals surface area (Å²) in [5.41, 5.74) is -0.0615. The van der Waals surface area contributed by atoms with E-state index in [0.717, 1.165) is 0 Å². The molecule has 6 nitrogen and oxygen atoms in total. The average molecular weight is 316 g/mol. The molecule has 1 aromatic heterocycles. The van der Waals surface area contributed by atoms with Gasteiger partial charge in [-0.05, 0) is 30.7 Å². The van der Waals surface area contributed by atoms with Crippen molar-refractivity contribution in [2.75, 3.05) is 7.11 Å². The van der Waals surface area contributed by atoms with Gasteiger partial charge in [-0.15, -0.1) is 0 Å². The summed E-state index contributed by atoms with van der Waals surface area (Å²) in [6.45, 7) is 6.28. The lowest BCUT2D eigenvalue weighted by Crippen LogP contribution is -2.20. The molecule has 6 heteroatoms. The zero-order valence-corrected chi connectivity index (χ0v) is 13.0. The second-order valence-electron chi connectivity index (χ2n) is 4.99. The van der Waals surface area contributed by atoms with Crippen LogP contribution in [0.3, 0.4) is 0 Å². The Balaban J connectivity index is 2.81. The largest absolute Gasteiger partial charge is 0.496 e. The zero-order valence-electron chi connectivity index (χ0n) is 13.0. The first-order valence-electron chi connectivity index (χ1n) is 6.83. The summed E-state index contributed by atoms with van der Waals surface area (Å²) < 4.78 is 15.6. The molecular formula is C17H16O6. The Bertz CT molecular complexity index is 846. The number of esters is 1. The van der Waals surface area contributed by atoms with Gasteiger partial charge in [-0.3, -0.25) is 9.59 Å². The Morgan fingerprint density at radius 2 is 1.83 bits per heavy atom. The Morgan fingerprint density at radius 3 is 2.39 bits per heavy atom. The number of hydrogen-bond donors (Lipinski definition) is 0. The molecule has 2 rings (SSSR count). The summed E-state index contributed by atoms with van der Waals surface area (Å²) in [6.07, 6.45) is -1.30. The van der Waals surface area contributed by atoms with Gasteiger partial charge in [-0.2, -0.15) is 0 Å². The molecule has 0 saturated carbocycles. The molecular weight excluding hydrogens is 300 g/mol. The third-order valence-electron chi connectivity index (χ3n) is 3.21. The van der Waals surface area contributed by atoms with E-state index in [1.54, 1.807) is 18.2 Å². The van der Waals surface area contributed by atoms with Crippen molar-refractivity contribution in [2.24, 2.45) is 0 Å². The smallest absolute Gasteiger partial charge is 0.336 e. The van der Waals surface area contributed by atoms with Gasteiger partial charge in [0.1, 0.15) is 11.3 Å². The van der Waals surface area contributed by atoms with E-state index in [1.165, 1.54) is 27.0 Å². The maximum absolute atomic E-state index is 12.4. The van der Waals surface area contributed by atoms with E-state index in [2.05, 4.69) is 6.58 Å². The van der Waals surface area contributed by atoms with Crippen molar-refractivity contribution in [1.82, 2.24) is 0 Å². The lowest BCUT2D eigenvalue weighted by molar-refractivity contribution is -0.152. The number of benzene rings is 1. The second-order valence-corrected chi connectivity index (χ2v) is 4.99. The highest BCUT2D eigenvalue weighted by Crippen LogP contribution is 2.36. The number of ketones is 1. The zero-order chi connectivity index (χ0) is 17.1. The third-order valence-corrected chi connectivity index (χ3v) is 3.21. The maximum atomic E-state index is 12.4. The number of carbonyl (C=O) groups is 2. The van der Waals surface area contributed by atoms with Crippen molar-refractivity contribution in [3.63, 3.8) is 0 Å². The van der Waals surface area contributed by atoms with Crippen molar-refractivity contribution in [3.8, 4) is 5.75 Å². The van der Waals surface area contributed by atoms with Crippen LogP contribution in [0.25, 0.3) is 11.0 Å². The molecule has 1 aromatic carbocycles. The fourth-order valence-electron chi connectivity index (χ4n) is 2.20. The average Bonchev–Trinajstić information content (AvgIpc) is 2.50. The number of hydrogen-bond acceptors (Lipinski definition) is 6. The molecule has 1 unspecified atom stereocenters. The van der Waals surface area contributed by atoms with E-state index in [0.29, 0.717) is 5.39 Å². The predicted molar refractivity (Wildman–Crippen MR) is 83.4 cm³/mol. The highest BCUT2D eigenvalue weighted by molar-refractivity contribution is 6.02. The Labute approximate surface area is 132 Å². The van der Waals surface area contributed by atoms with Crippen LogP contribution in [0.1, 0.15) is 25.5 Å². The monoisotopic (exact) mass is 316 g/mol. The van der Waals surface area contributed by atoms with Gasteiger partial charge in [-0.25, -0.2) is 4.79 Å². The predicted octanol–water partition coefficient (Wildman–Crippen LogP) is 2.55. The van der Waals surface area contributed by atoms with E-state index >= 15 is 0 Å². The summed E-state index contributed by atoms with van der Waals surface area (Å²) >= 11 is 0. The van der Waals surface area contributed by atoms with Crippen LogP contribution >= 0.6 is 0 Å². The lowest BCUT2D eigenvalue weighted by Gasteiger charge is -2.19. The molecule has 0 aliphatic rings. The van der Waals surface area contributed by atoms with Crippen molar-refractivity contribution < 1.29 is 23.5 Å². The van der Waals surface area contributed by atoms with E-state index in [4.69, 9.17) is 13.9 Å². The van der Waals surface area contributed by atoms with Crippen LogP contribution in [-0.4, -0.2) is 18.9 Å². The molecule has 0 amide bonds. The summed E-state index contributed by atoms with van der Waals surface area (Å²) in [4.78, 5) is 35.4. The van der Waals surface area contributed by atoms with E-state index in [-0.39, 0.29) is 22.5 Å². The van der Waals surface area contributed by atoms with Crippen LogP contribution in [0.15, 0.2) is 45.6 Å². The van der Waals surface area contributed by atoms with Gasteiger partial charge in [-0.1, -0.05) is 6.58 Å². The molecule has 0 spiro atoms. The molecule has 2 aromatic rings. The highest BCUT2D eigenvalue weighted by atomic mass is 16.5. The molecule has 0 aliphatic heterocycles. The number of carbonyl (C=O) groups excluding carboxylic acids is 2. The van der Waals surface area contributed by atoms with Crippen molar-refractivity contribution in [1.29, 1.82) is 0 Å². The molecule has 23 heavy (non-hydrogen) atoms. The van der Waals surface area contributed by atoms with Crippen LogP contribution < -0.4 is 10.4 Å². The SMILES string of the molecule is C=C(C)C(=O)C(OC(C)=O)c1c(OC)ccc2ccc(=O)oc12. The van der Waals surface area contributed by atoms with Gasteiger partial charge < -0.3 is 13.9 Å². The summed E-state index contributed by atoms with van der Waals surface area (Å²) in [5.74, 6) is -0.882. The molecule has 0 fully saturated rings. The molecule has 1 atom stereocenters. The highest BCUT2D eigenvalue weighted by Gasteiger charge is 2.30. The summed E-state index contributed by atoms with van der Waals surface area (Å²) in [5, 5.41) is 0.576. The third kappa shape index (κ3) is 3.31. The number of ether oxygens (including phenoxy) is 2. The van der Waals surface area contributed by atoms with Gasteiger partial charge in [0.2, 0.25) is 5.78 Å². The lowest BCUT2D eigenvalue weighted by atomic mass is 9.98. The van der Waals surface area contributed by atoms with Crippen LogP contribution in [-0.2, 0) is 14.3 Å². The standard InChI is InChI=1S/C17H16O6/c1-9(2)15(20)17(22-10(3)18)14-12(21-4)7-5-11-6-8-13(19)23-16(11)14/h5-8,17H,1H2,2-4H3. The molecule has 0 saturated heterocycles. The Morgan fingerprint density at radius 1 is 1.17 bits per heavy atom. The molecule has 0 radical (unpaired) electrons. The summed E-state index contributed by atoms with van der Waals surface area (Å²) in [6, 6.07) is 6.11. The normalized spacial score (nSPS) is 11.8. The number of fused-ring (bicyclic) bond motifs is 1. The number of methoxy groups -OCH3 is 1. The van der Waals surface area contributed by atoms with Gasteiger partial charge >= 0.3 is 11.6 Å². The molecule has 0 aliphatic carbocycles. The van der Waals surface area contributed by atoms with E-state index in [1.807, 2.05) is 0 Å². The minimum atomic E-state index is -1.30. The number of rotatable bonds is 5. The van der Waals surface area contributed by atoms with Crippen LogP contribution in [0, 0.1) is 0 Å². The first-order valence-corrected chi connectivity index (χ1v) is 6.83. The van der Waals surface area contributed by atoms with Crippen LogP contribution in [0.4, 0.5) is 0 Å². The van der Waals surface area contributed by atoms with Gasteiger partial charge in [0.05, 0.1) is 12.7 Å². The van der Waals surface area contributed by atoms with Crippen LogP contribution in [0.5, 0.6) is 5.75 Å². The van der Waals surface area contributed by atoms with Crippen LogP contribution in [0.2, 0.25) is 0 Å². The van der Waals surface area contributed by atoms with Crippen molar-refractivity contribution in [3.05, 3.63) is 52.4 Å². The van der Waals surface area contributed by atoms with Gasteiger partial charge in [0.15, 0.2) is 6.10 Å². The van der Waals surface area contributed by atoms with E-state index in [9.17, 15) is 14.4 Å². The molecule has 0 N–H and O–H groups in total. The Kier molecular flexibility index (Phi) is 4.64. The minimum absolute atomic E-state index is 0.137. The van der Waals surface area contributed by atoms with Crippen molar-refractivity contribution in [2.45, 2.75) is 20.0 Å².